The minimum absolute atomic E-state index is 0.767. The SMILES string of the molecule is COc1ccc(C2=Nc3ccccc3Oc3ccccc32)cc1. The molecule has 1 heterocycles. The Hall–Kier alpha value is -3.07. The summed E-state index contributed by atoms with van der Waals surface area (Å²) in [5.41, 5.74) is 3.73. The van der Waals surface area contributed by atoms with Crippen molar-refractivity contribution in [1.29, 1.82) is 0 Å². The summed E-state index contributed by atoms with van der Waals surface area (Å²) in [5.74, 6) is 2.41. The van der Waals surface area contributed by atoms with Gasteiger partial charge >= 0.3 is 0 Å². The molecule has 0 bridgehead atoms. The average Bonchev–Trinajstić information content (AvgIpc) is 2.78. The van der Waals surface area contributed by atoms with Crippen molar-refractivity contribution >= 4 is 11.4 Å². The summed E-state index contributed by atoms with van der Waals surface area (Å²) >= 11 is 0. The van der Waals surface area contributed by atoms with E-state index in [0.29, 0.717) is 0 Å². The van der Waals surface area contributed by atoms with Gasteiger partial charge in [0.2, 0.25) is 0 Å². The van der Waals surface area contributed by atoms with Crippen molar-refractivity contribution in [3.05, 3.63) is 83.9 Å². The number of nitrogens with zero attached hydrogens (tertiary/aromatic N) is 1. The lowest BCUT2D eigenvalue weighted by molar-refractivity contribution is 0.415. The van der Waals surface area contributed by atoms with Crippen LogP contribution in [0.1, 0.15) is 11.1 Å². The third-order valence-corrected chi connectivity index (χ3v) is 3.82. The number of hydrogen-bond donors (Lipinski definition) is 0. The molecule has 0 fully saturated rings. The molecular weight excluding hydrogens is 286 g/mol. The van der Waals surface area contributed by atoms with Crippen LogP contribution in [0.5, 0.6) is 17.2 Å². The van der Waals surface area contributed by atoms with Gasteiger partial charge in [-0.15, -0.1) is 0 Å². The first-order valence-electron chi connectivity index (χ1n) is 7.44. The van der Waals surface area contributed by atoms with Gasteiger partial charge in [-0.25, -0.2) is 4.99 Å². The fourth-order valence-corrected chi connectivity index (χ4v) is 2.66. The predicted octanol–water partition coefficient (Wildman–Crippen LogP) is 4.97. The van der Waals surface area contributed by atoms with Gasteiger partial charge < -0.3 is 9.47 Å². The number of fused-ring (bicyclic) bond motifs is 2. The van der Waals surface area contributed by atoms with Gasteiger partial charge in [-0.1, -0.05) is 24.3 Å². The lowest BCUT2D eigenvalue weighted by atomic mass is 10.0. The molecule has 3 aromatic rings. The molecule has 0 aromatic heterocycles. The van der Waals surface area contributed by atoms with Crippen LogP contribution in [0.2, 0.25) is 0 Å². The fourth-order valence-electron chi connectivity index (χ4n) is 2.66. The molecule has 0 saturated heterocycles. The van der Waals surface area contributed by atoms with Crippen LogP contribution in [0, 0.1) is 0 Å². The van der Waals surface area contributed by atoms with Crippen LogP contribution in [0.25, 0.3) is 0 Å². The summed E-state index contributed by atoms with van der Waals surface area (Å²) in [5, 5.41) is 0. The number of rotatable bonds is 2. The molecule has 0 radical (unpaired) electrons. The molecule has 112 valence electrons. The first kappa shape index (κ1) is 13.6. The highest BCUT2D eigenvalue weighted by molar-refractivity contribution is 6.16. The van der Waals surface area contributed by atoms with Gasteiger partial charge in [0.1, 0.15) is 17.2 Å². The molecule has 3 heteroatoms. The molecular formula is C20H15NO2. The molecule has 0 N–H and O–H groups in total. The molecule has 23 heavy (non-hydrogen) atoms. The fraction of sp³-hybridized carbons (Fsp3) is 0.0500. The van der Waals surface area contributed by atoms with E-state index in [1.54, 1.807) is 7.11 Å². The Morgan fingerprint density at radius 3 is 2.26 bits per heavy atom. The van der Waals surface area contributed by atoms with Crippen LogP contribution < -0.4 is 9.47 Å². The third-order valence-electron chi connectivity index (χ3n) is 3.82. The van der Waals surface area contributed by atoms with Gasteiger partial charge in [-0.3, -0.25) is 0 Å². The van der Waals surface area contributed by atoms with Crippen molar-refractivity contribution in [2.24, 2.45) is 4.99 Å². The highest BCUT2D eigenvalue weighted by Gasteiger charge is 2.18. The Kier molecular flexibility index (Phi) is 3.31. The van der Waals surface area contributed by atoms with Crippen molar-refractivity contribution in [2.45, 2.75) is 0 Å². The number of aliphatic imine (C=N–C) groups is 1. The molecule has 0 amide bonds. The van der Waals surface area contributed by atoms with Gasteiger partial charge in [-0.2, -0.15) is 0 Å². The first-order chi connectivity index (χ1) is 11.3. The monoisotopic (exact) mass is 301 g/mol. The Balaban J connectivity index is 1.93. The van der Waals surface area contributed by atoms with E-state index in [1.165, 1.54) is 0 Å². The maximum Gasteiger partial charge on any atom is 0.153 e. The molecule has 1 aliphatic rings. The van der Waals surface area contributed by atoms with Crippen molar-refractivity contribution in [1.82, 2.24) is 0 Å². The summed E-state index contributed by atoms with van der Waals surface area (Å²) in [6.07, 6.45) is 0. The maximum atomic E-state index is 6.06. The maximum absolute atomic E-state index is 6.06. The minimum Gasteiger partial charge on any atom is -0.497 e. The van der Waals surface area contributed by atoms with Gasteiger partial charge in [0.25, 0.3) is 0 Å². The first-order valence-corrected chi connectivity index (χ1v) is 7.44. The zero-order chi connectivity index (χ0) is 15.6. The number of hydrogen-bond acceptors (Lipinski definition) is 3. The van der Waals surface area contributed by atoms with E-state index in [4.69, 9.17) is 14.5 Å². The largest absolute Gasteiger partial charge is 0.497 e. The van der Waals surface area contributed by atoms with E-state index in [9.17, 15) is 0 Å². The molecule has 3 aromatic carbocycles. The lowest BCUT2D eigenvalue weighted by Crippen LogP contribution is -2.03. The average molecular weight is 301 g/mol. The minimum atomic E-state index is 0.767. The molecule has 0 unspecified atom stereocenters. The second-order valence-corrected chi connectivity index (χ2v) is 5.25. The Morgan fingerprint density at radius 2 is 1.48 bits per heavy atom. The lowest BCUT2D eigenvalue weighted by Gasteiger charge is -2.10. The third kappa shape index (κ3) is 2.46. The van der Waals surface area contributed by atoms with E-state index in [0.717, 1.165) is 39.8 Å². The van der Waals surface area contributed by atoms with Gasteiger partial charge in [0.15, 0.2) is 5.75 Å². The van der Waals surface area contributed by atoms with E-state index in [1.807, 2.05) is 72.8 Å². The van der Waals surface area contributed by atoms with Crippen LogP contribution >= 0.6 is 0 Å². The van der Waals surface area contributed by atoms with Crippen LogP contribution in [-0.4, -0.2) is 12.8 Å². The van der Waals surface area contributed by atoms with E-state index in [2.05, 4.69) is 0 Å². The Bertz CT molecular complexity index is 882. The van der Waals surface area contributed by atoms with Crippen molar-refractivity contribution < 1.29 is 9.47 Å². The van der Waals surface area contributed by atoms with Crippen LogP contribution in [-0.2, 0) is 0 Å². The summed E-state index contributed by atoms with van der Waals surface area (Å²) in [6, 6.07) is 23.7. The number of ether oxygens (including phenoxy) is 2. The molecule has 0 spiro atoms. The van der Waals surface area contributed by atoms with Gasteiger partial charge in [0, 0.05) is 11.1 Å². The summed E-state index contributed by atoms with van der Waals surface area (Å²) in [6.45, 7) is 0. The van der Waals surface area contributed by atoms with Crippen molar-refractivity contribution in [3.8, 4) is 17.2 Å². The zero-order valence-electron chi connectivity index (χ0n) is 12.7. The molecule has 1 aliphatic heterocycles. The van der Waals surface area contributed by atoms with Crippen LogP contribution in [0.3, 0.4) is 0 Å². The smallest absolute Gasteiger partial charge is 0.153 e. The Morgan fingerprint density at radius 1 is 0.783 bits per heavy atom. The highest BCUT2D eigenvalue weighted by Crippen LogP contribution is 2.38. The molecule has 3 nitrogen and oxygen atoms in total. The molecule has 0 saturated carbocycles. The topological polar surface area (TPSA) is 30.8 Å². The van der Waals surface area contributed by atoms with Crippen LogP contribution in [0.15, 0.2) is 77.8 Å². The highest BCUT2D eigenvalue weighted by atomic mass is 16.5. The molecule has 0 aliphatic carbocycles. The predicted molar refractivity (Wildman–Crippen MR) is 91.3 cm³/mol. The van der Waals surface area contributed by atoms with E-state index in [-0.39, 0.29) is 0 Å². The van der Waals surface area contributed by atoms with Gasteiger partial charge in [-0.05, 0) is 48.5 Å². The second-order valence-electron chi connectivity index (χ2n) is 5.25. The van der Waals surface area contributed by atoms with E-state index < -0.39 is 0 Å². The molecule has 4 rings (SSSR count). The number of para-hydroxylation sites is 3. The number of methoxy groups -OCH3 is 1. The Labute approximate surface area is 134 Å². The summed E-state index contributed by atoms with van der Waals surface area (Å²) in [4.78, 5) is 4.86. The quantitative estimate of drug-likeness (QED) is 0.523. The number of benzene rings is 3. The van der Waals surface area contributed by atoms with Crippen molar-refractivity contribution in [2.75, 3.05) is 7.11 Å². The van der Waals surface area contributed by atoms with Gasteiger partial charge in [0.05, 0.1) is 12.8 Å². The van der Waals surface area contributed by atoms with Crippen molar-refractivity contribution in [3.63, 3.8) is 0 Å². The van der Waals surface area contributed by atoms with Crippen LogP contribution in [0.4, 0.5) is 5.69 Å². The summed E-state index contributed by atoms with van der Waals surface area (Å²) in [7, 11) is 1.66. The second kappa shape index (κ2) is 5.61. The normalized spacial score (nSPS) is 12.3. The van der Waals surface area contributed by atoms with E-state index >= 15 is 0 Å². The molecule has 0 atom stereocenters. The standard InChI is InChI=1S/C20H15NO2/c1-22-15-12-10-14(11-13-15)20-16-6-2-4-8-18(16)23-19-9-5-3-7-17(19)21-20/h2-13H,1H3. The zero-order valence-corrected chi connectivity index (χ0v) is 12.7. The summed E-state index contributed by atoms with van der Waals surface area (Å²) < 4.78 is 11.3.